The normalized spacial score (nSPS) is 15.4. The van der Waals surface area contributed by atoms with Crippen molar-refractivity contribution in [3.63, 3.8) is 0 Å². The minimum atomic E-state index is -0.283. The van der Waals surface area contributed by atoms with Crippen molar-refractivity contribution in [1.29, 1.82) is 0 Å². The lowest BCUT2D eigenvalue weighted by Gasteiger charge is -2.34. The second kappa shape index (κ2) is 11.3. The molecule has 0 fully saturated rings. The third-order valence-electron chi connectivity index (χ3n) is 5.88. The summed E-state index contributed by atoms with van der Waals surface area (Å²) in [6.45, 7) is 6.05. The lowest BCUT2D eigenvalue weighted by atomic mass is 10.0. The number of ether oxygens (including phenoxy) is 3. The van der Waals surface area contributed by atoms with E-state index in [4.69, 9.17) is 14.2 Å². The van der Waals surface area contributed by atoms with Gasteiger partial charge in [0.05, 0.1) is 18.8 Å². The Bertz CT molecular complexity index is 876. The highest BCUT2D eigenvalue weighted by molar-refractivity contribution is 5.94. The monoisotopic (exact) mass is 442 g/mol. The van der Waals surface area contributed by atoms with Crippen molar-refractivity contribution >= 4 is 5.91 Å². The molecular formula is C25H34N2O5. The first kappa shape index (κ1) is 24.0. The number of carbonyl (C=O) groups excluding carboxylic acids is 1. The molecule has 0 aliphatic carbocycles. The van der Waals surface area contributed by atoms with Crippen LogP contribution in [0.3, 0.4) is 0 Å². The van der Waals surface area contributed by atoms with E-state index in [0.717, 1.165) is 23.6 Å². The summed E-state index contributed by atoms with van der Waals surface area (Å²) >= 11 is 0. The Kier molecular flexibility index (Phi) is 8.50. The molecule has 32 heavy (non-hydrogen) atoms. The van der Waals surface area contributed by atoms with Crippen LogP contribution < -0.4 is 9.47 Å². The zero-order valence-electron chi connectivity index (χ0n) is 19.4. The molecule has 7 heteroatoms. The number of carbonyl (C=O) groups is 1. The highest BCUT2D eigenvalue weighted by atomic mass is 16.7. The number of aliphatic hydroxyl groups is 1. The molecule has 0 spiro atoms. The van der Waals surface area contributed by atoms with Gasteiger partial charge in [-0.2, -0.15) is 0 Å². The van der Waals surface area contributed by atoms with Gasteiger partial charge in [0.2, 0.25) is 6.79 Å². The first-order valence-corrected chi connectivity index (χ1v) is 11.0. The Hall–Kier alpha value is -2.61. The molecule has 3 rings (SSSR count). The molecule has 0 saturated carbocycles. The van der Waals surface area contributed by atoms with Gasteiger partial charge in [-0.25, -0.2) is 0 Å². The van der Waals surface area contributed by atoms with Gasteiger partial charge in [-0.05, 0) is 43.8 Å². The van der Waals surface area contributed by atoms with Crippen molar-refractivity contribution in [2.45, 2.75) is 32.5 Å². The highest BCUT2D eigenvalue weighted by Crippen LogP contribution is 2.32. The van der Waals surface area contributed by atoms with Gasteiger partial charge in [-0.15, -0.1) is 0 Å². The Morgan fingerprint density at radius 1 is 1.09 bits per heavy atom. The van der Waals surface area contributed by atoms with Crippen LogP contribution in [0.5, 0.6) is 11.5 Å². The lowest BCUT2D eigenvalue weighted by molar-refractivity contribution is 0.0106. The summed E-state index contributed by atoms with van der Waals surface area (Å²) in [7, 11) is 3.75. The van der Waals surface area contributed by atoms with Gasteiger partial charge in [0.25, 0.3) is 5.91 Å². The predicted octanol–water partition coefficient (Wildman–Crippen LogP) is 3.02. The van der Waals surface area contributed by atoms with Crippen LogP contribution in [0.2, 0.25) is 0 Å². The van der Waals surface area contributed by atoms with Gasteiger partial charge >= 0.3 is 0 Å². The Morgan fingerprint density at radius 3 is 2.50 bits per heavy atom. The highest BCUT2D eigenvalue weighted by Gasteiger charge is 2.27. The molecule has 0 saturated heterocycles. The largest absolute Gasteiger partial charge is 0.454 e. The van der Waals surface area contributed by atoms with Crippen molar-refractivity contribution in [3.8, 4) is 11.5 Å². The average Bonchev–Trinajstić information content (AvgIpc) is 3.28. The minimum absolute atomic E-state index is 0.0702. The molecule has 1 aliphatic heterocycles. The lowest BCUT2D eigenvalue weighted by Crippen LogP contribution is -2.47. The quantitative estimate of drug-likeness (QED) is 0.577. The van der Waals surface area contributed by atoms with E-state index in [0.29, 0.717) is 18.7 Å². The third kappa shape index (κ3) is 6.00. The summed E-state index contributed by atoms with van der Waals surface area (Å²) in [4.78, 5) is 17.0. The van der Waals surface area contributed by atoms with E-state index < -0.39 is 0 Å². The van der Waals surface area contributed by atoms with Crippen LogP contribution in [0.15, 0.2) is 48.5 Å². The molecule has 3 atom stereocenters. The first-order valence-electron chi connectivity index (χ1n) is 11.0. The molecule has 1 heterocycles. The number of methoxy groups -OCH3 is 1. The number of fused-ring (bicyclic) bond motifs is 1. The van der Waals surface area contributed by atoms with Crippen LogP contribution in [-0.2, 0) is 11.3 Å². The van der Waals surface area contributed by atoms with Crippen molar-refractivity contribution in [2.24, 2.45) is 5.92 Å². The van der Waals surface area contributed by atoms with Crippen molar-refractivity contribution < 1.29 is 24.1 Å². The molecule has 1 aliphatic rings. The van der Waals surface area contributed by atoms with E-state index in [-0.39, 0.29) is 37.4 Å². The molecule has 7 nitrogen and oxygen atoms in total. The first-order chi connectivity index (χ1) is 15.4. The molecule has 174 valence electrons. The van der Waals surface area contributed by atoms with Crippen LogP contribution in [0.4, 0.5) is 0 Å². The number of amides is 1. The molecule has 0 bridgehead atoms. The standard InChI is InChI=1S/C25H34N2O5/c1-18(13-27(19(2)16-28)25(29)21-8-6-5-7-9-21)24(30-4)15-26(3)14-20-10-11-22-23(12-20)32-17-31-22/h5-12,18-19,24,28H,13-17H2,1-4H3/t18-,19-,24+/m0/s1. The van der Waals surface area contributed by atoms with Crippen molar-refractivity contribution in [1.82, 2.24) is 9.80 Å². The summed E-state index contributed by atoms with van der Waals surface area (Å²) in [5.41, 5.74) is 1.75. The van der Waals surface area contributed by atoms with E-state index >= 15 is 0 Å². The molecule has 1 amide bonds. The third-order valence-corrected chi connectivity index (χ3v) is 5.88. The number of aliphatic hydroxyl groups excluding tert-OH is 1. The Balaban J connectivity index is 1.62. The number of nitrogens with zero attached hydrogens (tertiary/aromatic N) is 2. The number of benzene rings is 2. The summed E-state index contributed by atoms with van der Waals surface area (Å²) in [5.74, 6) is 1.55. The van der Waals surface area contributed by atoms with Gasteiger partial charge in [-0.1, -0.05) is 31.2 Å². The minimum Gasteiger partial charge on any atom is -0.454 e. The molecular weight excluding hydrogens is 408 g/mol. The van der Waals surface area contributed by atoms with Crippen molar-refractivity contribution in [2.75, 3.05) is 40.6 Å². The van der Waals surface area contributed by atoms with Gasteiger partial charge in [0, 0.05) is 38.2 Å². The molecule has 2 aromatic carbocycles. The second-order valence-electron chi connectivity index (χ2n) is 8.49. The molecule has 1 N–H and O–H groups in total. The van der Waals surface area contributed by atoms with E-state index in [1.54, 1.807) is 24.1 Å². The smallest absolute Gasteiger partial charge is 0.254 e. The Morgan fingerprint density at radius 2 is 1.81 bits per heavy atom. The summed E-state index contributed by atoms with van der Waals surface area (Å²) in [6, 6.07) is 14.9. The maximum absolute atomic E-state index is 13.1. The van der Waals surface area contributed by atoms with E-state index in [1.165, 1.54) is 0 Å². The van der Waals surface area contributed by atoms with Crippen molar-refractivity contribution in [3.05, 3.63) is 59.7 Å². The van der Waals surface area contributed by atoms with E-state index in [9.17, 15) is 9.90 Å². The van der Waals surface area contributed by atoms with Crippen LogP contribution in [0.25, 0.3) is 0 Å². The topological polar surface area (TPSA) is 71.5 Å². The van der Waals surface area contributed by atoms with E-state index in [1.807, 2.05) is 50.4 Å². The van der Waals surface area contributed by atoms with Gasteiger partial charge in [0.15, 0.2) is 11.5 Å². The molecule has 0 unspecified atom stereocenters. The van der Waals surface area contributed by atoms with Gasteiger partial charge < -0.3 is 24.2 Å². The summed E-state index contributed by atoms with van der Waals surface area (Å²) in [5, 5.41) is 9.73. The zero-order chi connectivity index (χ0) is 23.1. The average molecular weight is 443 g/mol. The van der Waals surface area contributed by atoms with Crippen LogP contribution in [0.1, 0.15) is 29.8 Å². The van der Waals surface area contributed by atoms with Crippen LogP contribution in [0, 0.1) is 5.92 Å². The Labute approximate surface area is 190 Å². The van der Waals surface area contributed by atoms with Crippen LogP contribution >= 0.6 is 0 Å². The molecule has 0 radical (unpaired) electrons. The number of hydrogen-bond donors (Lipinski definition) is 1. The molecule has 0 aromatic heterocycles. The predicted molar refractivity (Wildman–Crippen MR) is 123 cm³/mol. The summed E-state index contributed by atoms with van der Waals surface area (Å²) in [6.07, 6.45) is -0.0778. The maximum Gasteiger partial charge on any atom is 0.254 e. The fraction of sp³-hybridized carbons (Fsp3) is 0.480. The summed E-state index contributed by atoms with van der Waals surface area (Å²) < 4.78 is 16.7. The van der Waals surface area contributed by atoms with Crippen LogP contribution in [-0.4, -0.2) is 73.6 Å². The second-order valence-corrected chi connectivity index (χ2v) is 8.49. The number of hydrogen-bond acceptors (Lipinski definition) is 6. The zero-order valence-corrected chi connectivity index (χ0v) is 19.4. The fourth-order valence-electron chi connectivity index (χ4n) is 3.95. The van der Waals surface area contributed by atoms with Gasteiger partial charge in [0.1, 0.15) is 0 Å². The SMILES string of the molecule is CO[C@H](CN(C)Cc1ccc2c(c1)OCO2)[C@@H](C)CN(C(=O)c1ccccc1)[C@@H](C)CO. The fourth-order valence-corrected chi connectivity index (χ4v) is 3.95. The molecule has 2 aromatic rings. The number of likely N-dealkylation sites (N-methyl/N-ethyl adjacent to an activating group) is 1. The van der Waals surface area contributed by atoms with E-state index in [2.05, 4.69) is 11.8 Å². The van der Waals surface area contributed by atoms with Gasteiger partial charge in [-0.3, -0.25) is 9.69 Å². The maximum atomic E-state index is 13.1. The number of rotatable bonds is 11.